The zero-order chi connectivity index (χ0) is 15.7. The number of hydrogen-bond acceptors (Lipinski definition) is 3. The summed E-state index contributed by atoms with van der Waals surface area (Å²) in [4.78, 5) is 6.67. The van der Waals surface area contributed by atoms with Crippen molar-refractivity contribution in [3.63, 3.8) is 0 Å². The van der Waals surface area contributed by atoms with E-state index in [1.54, 1.807) is 6.92 Å². The molecule has 0 spiro atoms. The van der Waals surface area contributed by atoms with Gasteiger partial charge >= 0.3 is 0 Å². The second-order valence-corrected chi connectivity index (χ2v) is 6.14. The molecule has 0 aliphatic heterocycles. The Hall–Kier alpha value is -1.62. The van der Waals surface area contributed by atoms with E-state index in [9.17, 15) is 4.39 Å². The smallest absolute Gasteiger partial charge is 0.201 e. The summed E-state index contributed by atoms with van der Waals surface area (Å²) >= 11 is 0. The fourth-order valence-electron chi connectivity index (χ4n) is 2.83. The van der Waals surface area contributed by atoms with Crippen LogP contribution in [0.2, 0.25) is 0 Å². The molecule has 0 saturated carbocycles. The molecule has 1 heterocycles. The maximum absolute atomic E-state index is 13.6. The molecule has 0 fully saturated rings. The summed E-state index contributed by atoms with van der Waals surface area (Å²) in [7, 11) is 0. The third-order valence-electron chi connectivity index (χ3n) is 3.97. The average Bonchev–Trinajstić information content (AvgIpc) is 2.65. The van der Waals surface area contributed by atoms with Gasteiger partial charge in [-0.1, -0.05) is 0 Å². The van der Waals surface area contributed by atoms with Crippen molar-refractivity contribution in [3.8, 4) is 0 Å². The van der Waals surface area contributed by atoms with E-state index < -0.39 is 0 Å². The van der Waals surface area contributed by atoms with E-state index in [-0.39, 0.29) is 5.82 Å². The van der Waals surface area contributed by atoms with Crippen molar-refractivity contribution in [3.05, 3.63) is 23.5 Å². The Morgan fingerprint density at radius 3 is 2.43 bits per heavy atom. The van der Waals surface area contributed by atoms with Crippen molar-refractivity contribution >= 4 is 17.0 Å². The zero-order valence-corrected chi connectivity index (χ0v) is 13.5. The second kappa shape index (κ2) is 6.02. The third-order valence-corrected chi connectivity index (χ3v) is 3.97. The van der Waals surface area contributed by atoms with Gasteiger partial charge in [-0.3, -0.25) is 4.90 Å². The van der Waals surface area contributed by atoms with Crippen LogP contribution in [0, 0.1) is 12.7 Å². The molecule has 2 aromatic rings. The van der Waals surface area contributed by atoms with Crippen LogP contribution in [0.3, 0.4) is 0 Å². The highest BCUT2D eigenvalue weighted by atomic mass is 19.1. The topological polar surface area (TPSA) is 47.1 Å². The van der Waals surface area contributed by atoms with Gasteiger partial charge in [0.1, 0.15) is 5.82 Å². The standard InChI is InChI=1S/C16H25FN4/c1-10(2)20(11(3)4)6-7-21-15-8-12(5)13(17)9-14(15)19-16(21)18/h8-11H,6-7H2,1-5H3,(H2,18,19). The number of rotatable bonds is 5. The van der Waals surface area contributed by atoms with Crippen LogP contribution < -0.4 is 5.73 Å². The first-order valence-corrected chi connectivity index (χ1v) is 7.49. The van der Waals surface area contributed by atoms with Gasteiger partial charge < -0.3 is 10.3 Å². The Morgan fingerprint density at radius 2 is 1.86 bits per heavy atom. The normalized spacial score (nSPS) is 12.2. The number of imidazole rings is 1. The fourth-order valence-corrected chi connectivity index (χ4v) is 2.83. The lowest BCUT2D eigenvalue weighted by Crippen LogP contribution is -2.39. The molecule has 0 saturated heterocycles. The molecule has 4 nitrogen and oxygen atoms in total. The molecule has 0 atom stereocenters. The molecule has 116 valence electrons. The second-order valence-electron chi connectivity index (χ2n) is 6.14. The van der Waals surface area contributed by atoms with Gasteiger partial charge in [-0.15, -0.1) is 0 Å². The highest BCUT2D eigenvalue weighted by Crippen LogP contribution is 2.21. The number of nitrogen functional groups attached to an aromatic ring is 1. The largest absolute Gasteiger partial charge is 0.369 e. The molecular weight excluding hydrogens is 267 g/mol. The van der Waals surface area contributed by atoms with Crippen LogP contribution in [0.5, 0.6) is 0 Å². The Labute approximate surface area is 125 Å². The van der Waals surface area contributed by atoms with E-state index in [0.717, 1.165) is 18.6 Å². The number of nitrogens with two attached hydrogens (primary N) is 1. The molecule has 1 aromatic heterocycles. The minimum Gasteiger partial charge on any atom is -0.369 e. The van der Waals surface area contributed by atoms with Crippen molar-refractivity contribution < 1.29 is 4.39 Å². The van der Waals surface area contributed by atoms with Crippen LogP contribution in [0.1, 0.15) is 33.3 Å². The third kappa shape index (κ3) is 3.18. The van der Waals surface area contributed by atoms with Crippen molar-refractivity contribution in [2.24, 2.45) is 0 Å². The number of aromatic nitrogens is 2. The van der Waals surface area contributed by atoms with E-state index in [2.05, 4.69) is 37.6 Å². The van der Waals surface area contributed by atoms with Gasteiger partial charge in [0.05, 0.1) is 11.0 Å². The Balaban J connectivity index is 2.30. The molecule has 0 unspecified atom stereocenters. The zero-order valence-electron chi connectivity index (χ0n) is 13.5. The van der Waals surface area contributed by atoms with Crippen molar-refractivity contribution in [2.45, 2.75) is 53.2 Å². The van der Waals surface area contributed by atoms with Crippen molar-refractivity contribution in [1.82, 2.24) is 14.5 Å². The number of halogens is 1. The van der Waals surface area contributed by atoms with E-state index in [0.29, 0.717) is 29.1 Å². The predicted molar refractivity (Wildman–Crippen MR) is 85.8 cm³/mol. The SMILES string of the molecule is Cc1cc2c(cc1F)nc(N)n2CCN(C(C)C)C(C)C. The molecule has 2 N–H and O–H groups in total. The van der Waals surface area contributed by atoms with Gasteiger partial charge in [0.2, 0.25) is 5.95 Å². The summed E-state index contributed by atoms with van der Waals surface area (Å²) in [5, 5.41) is 0. The highest BCUT2D eigenvalue weighted by Gasteiger charge is 2.16. The lowest BCUT2D eigenvalue weighted by Gasteiger charge is -2.30. The molecule has 0 aliphatic rings. The first kappa shape index (κ1) is 15.8. The van der Waals surface area contributed by atoms with Gasteiger partial charge in [0, 0.05) is 31.2 Å². The molecular formula is C16H25FN4. The Kier molecular flexibility index (Phi) is 4.52. The number of anilines is 1. The van der Waals surface area contributed by atoms with E-state index >= 15 is 0 Å². The minimum atomic E-state index is -0.238. The first-order chi connectivity index (χ1) is 9.81. The van der Waals surface area contributed by atoms with Crippen LogP contribution in [0.15, 0.2) is 12.1 Å². The van der Waals surface area contributed by atoms with Crippen molar-refractivity contribution in [1.29, 1.82) is 0 Å². The summed E-state index contributed by atoms with van der Waals surface area (Å²) in [6.07, 6.45) is 0. The van der Waals surface area contributed by atoms with Gasteiger partial charge in [-0.05, 0) is 46.2 Å². The Bertz CT molecular complexity index is 623. The van der Waals surface area contributed by atoms with Crippen LogP contribution >= 0.6 is 0 Å². The molecule has 0 amide bonds. The molecule has 5 heteroatoms. The Morgan fingerprint density at radius 1 is 1.24 bits per heavy atom. The van der Waals surface area contributed by atoms with Gasteiger partial charge in [0.25, 0.3) is 0 Å². The minimum absolute atomic E-state index is 0.238. The summed E-state index contributed by atoms with van der Waals surface area (Å²) < 4.78 is 15.6. The summed E-state index contributed by atoms with van der Waals surface area (Å²) in [5.41, 5.74) is 8.14. The fraction of sp³-hybridized carbons (Fsp3) is 0.562. The van der Waals surface area contributed by atoms with Gasteiger partial charge in [0.15, 0.2) is 0 Å². The van der Waals surface area contributed by atoms with Gasteiger partial charge in [-0.25, -0.2) is 9.37 Å². The lowest BCUT2D eigenvalue weighted by molar-refractivity contribution is 0.169. The summed E-state index contributed by atoms with van der Waals surface area (Å²) in [6, 6.07) is 4.23. The number of aryl methyl sites for hydroxylation is 1. The number of nitrogens with zero attached hydrogens (tertiary/aromatic N) is 3. The average molecular weight is 292 g/mol. The van der Waals surface area contributed by atoms with E-state index in [4.69, 9.17) is 5.73 Å². The maximum atomic E-state index is 13.6. The summed E-state index contributed by atoms with van der Waals surface area (Å²) in [6.45, 7) is 12.2. The van der Waals surface area contributed by atoms with Gasteiger partial charge in [-0.2, -0.15) is 0 Å². The quantitative estimate of drug-likeness (QED) is 0.920. The van der Waals surface area contributed by atoms with E-state index in [1.165, 1.54) is 6.07 Å². The highest BCUT2D eigenvalue weighted by molar-refractivity contribution is 5.79. The lowest BCUT2D eigenvalue weighted by atomic mass is 10.2. The predicted octanol–water partition coefficient (Wildman–Crippen LogP) is 3.18. The van der Waals surface area contributed by atoms with E-state index in [1.807, 2.05) is 10.6 Å². The summed E-state index contributed by atoms with van der Waals surface area (Å²) in [5.74, 6) is 0.209. The molecule has 0 aliphatic carbocycles. The number of hydrogen-bond donors (Lipinski definition) is 1. The molecule has 0 bridgehead atoms. The molecule has 21 heavy (non-hydrogen) atoms. The number of fused-ring (bicyclic) bond motifs is 1. The maximum Gasteiger partial charge on any atom is 0.201 e. The van der Waals surface area contributed by atoms with Crippen LogP contribution in [-0.4, -0.2) is 33.1 Å². The van der Waals surface area contributed by atoms with Crippen molar-refractivity contribution in [2.75, 3.05) is 12.3 Å². The molecule has 0 radical (unpaired) electrons. The van der Waals surface area contributed by atoms with Crippen LogP contribution in [0.4, 0.5) is 10.3 Å². The number of benzene rings is 1. The van der Waals surface area contributed by atoms with Crippen LogP contribution in [-0.2, 0) is 6.54 Å². The molecule has 2 rings (SSSR count). The first-order valence-electron chi connectivity index (χ1n) is 7.49. The monoisotopic (exact) mass is 292 g/mol. The molecule has 1 aromatic carbocycles. The van der Waals surface area contributed by atoms with Crippen LogP contribution in [0.25, 0.3) is 11.0 Å².